The highest BCUT2D eigenvalue weighted by Crippen LogP contribution is 2.42. The van der Waals surface area contributed by atoms with Crippen molar-refractivity contribution in [3.63, 3.8) is 0 Å². The minimum absolute atomic E-state index is 0.150. The fourth-order valence-electron chi connectivity index (χ4n) is 2.21. The molecule has 0 heterocycles. The van der Waals surface area contributed by atoms with Crippen molar-refractivity contribution in [1.29, 1.82) is 0 Å². The first-order chi connectivity index (χ1) is 5.20. The van der Waals surface area contributed by atoms with E-state index in [0.29, 0.717) is 5.92 Å². The van der Waals surface area contributed by atoms with Crippen LogP contribution in [0.1, 0.15) is 6.42 Å². The standard InChI is InChI=1S/C8H11NO2/c9-7-5-2-1-4(3-5)6(7)8(10)11/h1-2,4-7H,3,9H2,(H,10,11)/t4?,5?,6-,7-/m0/s1. The summed E-state index contributed by atoms with van der Waals surface area (Å²) in [6.07, 6.45) is 4.99. The van der Waals surface area contributed by atoms with E-state index in [0.717, 1.165) is 6.42 Å². The Morgan fingerprint density at radius 3 is 2.45 bits per heavy atom. The second kappa shape index (κ2) is 2.08. The molecule has 3 heteroatoms. The number of carboxylic acid groups (broad SMARTS) is 1. The molecular weight excluding hydrogens is 142 g/mol. The lowest BCUT2D eigenvalue weighted by Crippen LogP contribution is -2.38. The number of carboxylic acids is 1. The molecule has 0 aliphatic heterocycles. The third-order valence-corrected chi connectivity index (χ3v) is 2.81. The van der Waals surface area contributed by atoms with E-state index in [4.69, 9.17) is 10.8 Å². The highest BCUT2D eigenvalue weighted by atomic mass is 16.4. The van der Waals surface area contributed by atoms with E-state index in [-0.39, 0.29) is 17.9 Å². The van der Waals surface area contributed by atoms with Crippen molar-refractivity contribution in [2.24, 2.45) is 23.5 Å². The molecule has 0 spiro atoms. The van der Waals surface area contributed by atoms with Crippen LogP contribution in [0.5, 0.6) is 0 Å². The van der Waals surface area contributed by atoms with Crippen molar-refractivity contribution in [2.75, 3.05) is 0 Å². The normalized spacial score (nSPS) is 46.6. The first-order valence-electron chi connectivity index (χ1n) is 3.87. The summed E-state index contributed by atoms with van der Waals surface area (Å²) in [5.74, 6) is -0.548. The van der Waals surface area contributed by atoms with Crippen LogP contribution in [0.2, 0.25) is 0 Å². The number of carbonyl (C=O) groups is 1. The van der Waals surface area contributed by atoms with E-state index < -0.39 is 5.97 Å². The molecule has 2 aliphatic carbocycles. The molecule has 1 fully saturated rings. The van der Waals surface area contributed by atoms with Crippen LogP contribution in [-0.4, -0.2) is 17.1 Å². The predicted molar refractivity (Wildman–Crippen MR) is 39.8 cm³/mol. The maximum absolute atomic E-state index is 10.7. The molecule has 4 atom stereocenters. The molecule has 0 aromatic rings. The van der Waals surface area contributed by atoms with Crippen molar-refractivity contribution < 1.29 is 9.90 Å². The molecule has 0 aromatic carbocycles. The van der Waals surface area contributed by atoms with Gasteiger partial charge >= 0.3 is 5.97 Å². The maximum Gasteiger partial charge on any atom is 0.308 e. The summed E-state index contributed by atoms with van der Waals surface area (Å²) >= 11 is 0. The molecule has 2 bridgehead atoms. The monoisotopic (exact) mass is 153 g/mol. The van der Waals surface area contributed by atoms with Gasteiger partial charge in [0.2, 0.25) is 0 Å². The zero-order chi connectivity index (χ0) is 8.01. The zero-order valence-corrected chi connectivity index (χ0v) is 6.10. The lowest BCUT2D eigenvalue weighted by molar-refractivity contribution is -0.143. The summed E-state index contributed by atoms with van der Waals surface area (Å²) in [4.78, 5) is 10.7. The van der Waals surface area contributed by atoms with Gasteiger partial charge in [0.05, 0.1) is 5.92 Å². The van der Waals surface area contributed by atoms with E-state index in [1.54, 1.807) is 0 Å². The van der Waals surface area contributed by atoms with Gasteiger partial charge in [-0.15, -0.1) is 0 Å². The molecule has 2 unspecified atom stereocenters. The van der Waals surface area contributed by atoms with Gasteiger partial charge in [-0.1, -0.05) is 12.2 Å². The van der Waals surface area contributed by atoms with Crippen molar-refractivity contribution >= 4 is 5.97 Å². The van der Waals surface area contributed by atoms with Gasteiger partial charge in [0, 0.05) is 6.04 Å². The van der Waals surface area contributed by atoms with Crippen LogP contribution in [0.4, 0.5) is 0 Å². The fraction of sp³-hybridized carbons (Fsp3) is 0.625. The fourth-order valence-corrected chi connectivity index (χ4v) is 2.21. The van der Waals surface area contributed by atoms with Gasteiger partial charge in [0.1, 0.15) is 0 Å². The van der Waals surface area contributed by atoms with Gasteiger partial charge in [-0.05, 0) is 18.3 Å². The molecule has 60 valence electrons. The van der Waals surface area contributed by atoms with Gasteiger partial charge in [-0.2, -0.15) is 0 Å². The molecule has 3 nitrogen and oxygen atoms in total. The van der Waals surface area contributed by atoms with Gasteiger partial charge in [-0.3, -0.25) is 4.79 Å². The third-order valence-electron chi connectivity index (χ3n) is 2.81. The molecule has 11 heavy (non-hydrogen) atoms. The van der Waals surface area contributed by atoms with Gasteiger partial charge in [0.25, 0.3) is 0 Å². The Labute approximate surface area is 64.9 Å². The Morgan fingerprint density at radius 2 is 2.09 bits per heavy atom. The number of rotatable bonds is 1. The van der Waals surface area contributed by atoms with Crippen molar-refractivity contribution in [2.45, 2.75) is 12.5 Å². The molecule has 3 N–H and O–H groups in total. The van der Waals surface area contributed by atoms with Crippen LogP contribution in [-0.2, 0) is 4.79 Å². The van der Waals surface area contributed by atoms with Crippen molar-refractivity contribution in [3.8, 4) is 0 Å². The van der Waals surface area contributed by atoms with Crippen molar-refractivity contribution in [1.82, 2.24) is 0 Å². The Hall–Kier alpha value is -0.830. The molecule has 2 aliphatic rings. The number of hydrogen-bond acceptors (Lipinski definition) is 2. The Balaban J connectivity index is 2.25. The molecule has 0 radical (unpaired) electrons. The van der Waals surface area contributed by atoms with Gasteiger partial charge < -0.3 is 10.8 Å². The van der Waals surface area contributed by atoms with E-state index in [1.165, 1.54) is 0 Å². The van der Waals surface area contributed by atoms with Crippen LogP contribution < -0.4 is 5.73 Å². The largest absolute Gasteiger partial charge is 0.481 e. The highest BCUT2D eigenvalue weighted by Gasteiger charge is 2.46. The van der Waals surface area contributed by atoms with E-state index >= 15 is 0 Å². The average Bonchev–Trinajstić information content (AvgIpc) is 2.44. The molecule has 0 saturated heterocycles. The molecular formula is C8H11NO2. The second-order valence-electron chi connectivity index (χ2n) is 3.39. The number of nitrogens with two attached hydrogens (primary N) is 1. The Kier molecular flexibility index (Phi) is 1.29. The summed E-state index contributed by atoms with van der Waals surface area (Å²) in [6, 6.07) is -0.150. The minimum Gasteiger partial charge on any atom is -0.481 e. The smallest absolute Gasteiger partial charge is 0.308 e. The quantitative estimate of drug-likeness (QED) is 0.530. The lowest BCUT2D eigenvalue weighted by Gasteiger charge is -2.19. The molecule has 2 rings (SSSR count). The molecule has 1 saturated carbocycles. The Morgan fingerprint density at radius 1 is 1.45 bits per heavy atom. The summed E-state index contributed by atoms with van der Waals surface area (Å²) < 4.78 is 0. The summed E-state index contributed by atoms with van der Waals surface area (Å²) in [5, 5.41) is 8.79. The number of allylic oxidation sites excluding steroid dienone is 1. The SMILES string of the molecule is N[C@H]1C2C=CC(C2)[C@@H]1C(=O)O. The van der Waals surface area contributed by atoms with Crippen LogP contribution in [0.25, 0.3) is 0 Å². The maximum atomic E-state index is 10.7. The van der Waals surface area contributed by atoms with Gasteiger partial charge in [0.15, 0.2) is 0 Å². The van der Waals surface area contributed by atoms with Gasteiger partial charge in [-0.25, -0.2) is 0 Å². The summed E-state index contributed by atoms with van der Waals surface area (Å²) in [5.41, 5.74) is 5.73. The summed E-state index contributed by atoms with van der Waals surface area (Å²) in [6.45, 7) is 0. The number of fused-ring (bicyclic) bond motifs is 2. The lowest BCUT2D eigenvalue weighted by atomic mass is 9.90. The third kappa shape index (κ3) is 0.807. The highest BCUT2D eigenvalue weighted by molar-refractivity contribution is 5.72. The Bertz CT molecular complexity index is 224. The van der Waals surface area contributed by atoms with Crippen LogP contribution >= 0.6 is 0 Å². The van der Waals surface area contributed by atoms with E-state index in [2.05, 4.69) is 6.08 Å². The van der Waals surface area contributed by atoms with Crippen molar-refractivity contribution in [3.05, 3.63) is 12.2 Å². The topological polar surface area (TPSA) is 63.3 Å². The average molecular weight is 153 g/mol. The van der Waals surface area contributed by atoms with E-state index in [1.807, 2.05) is 6.08 Å². The van der Waals surface area contributed by atoms with E-state index in [9.17, 15) is 4.79 Å². The summed E-state index contributed by atoms with van der Waals surface area (Å²) in [7, 11) is 0. The first kappa shape index (κ1) is 6.85. The molecule has 0 amide bonds. The predicted octanol–water partition coefficient (Wildman–Crippen LogP) is 0.220. The van der Waals surface area contributed by atoms with Crippen LogP contribution in [0.3, 0.4) is 0 Å². The minimum atomic E-state index is -0.741. The van der Waals surface area contributed by atoms with Crippen LogP contribution in [0.15, 0.2) is 12.2 Å². The molecule has 0 aromatic heterocycles. The van der Waals surface area contributed by atoms with Crippen LogP contribution in [0, 0.1) is 17.8 Å². The first-order valence-corrected chi connectivity index (χ1v) is 3.87. The second-order valence-corrected chi connectivity index (χ2v) is 3.39. The zero-order valence-electron chi connectivity index (χ0n) is 6.10. The number of aliphatic carboxylic acids is 1. The number of hydrogen-bond donors (Lipinski definition) is 2.